The van der Waals surface area contributed by atoms with E-state index in [9.17, 15) is 0 Å². The van der Waals surface area contributed by atoms with Gasteiger partial charge in [0, 0.05) is 40.7 Å². The van der Waals surface area contributed by atoms with Gasteiger partial charge in [-0.25, -0.2) is 0 Å². The minimum Gasteiger partial charge on any atom is -0.377 e. The Bertz CT molecular complexity index is 1520. The van der Waals surface area contributed by atoms with Crippen molar-refractivity contribution in [3.63, 3.8) is 0 Å². The fraction of sp³-hybridized carbons (Fsp3) is 0.583. The Kier molecular flexibility index (Phi) is 26.8. The Morgan fingerprint density at radius 1 is 0.439 bits per heavy atom. The highest BCUT2D eigenvalue weighted by atomic mass is 79.9. The third kappa shape index (κ3) is 18.4. The monoisotopic (exact) mass is 890 g/mol. The molecular formula is C48H75BrO6S2. The highest BCUT2D eigenvalue weighted by Crippen LogP contribution is 2.46. The standard InChI is InChI=1S/C30H46O2S2.C16H25BrO2.2CH2O/c1-11-21-15-25(29(5,6)7)16-22(12-2)27(21)33-34-28-23(19-31-13-3)17-26(30(8,9)10)18-24(28)20-32-14-4;1-6-18-10-12-8-14(16(3,4)5)9-13(15(12)17)11-19-7-2;2*1-2/h15-18H,11-14,19-20H2,1-10H3;8-9H,6-7,10-11H2,1-5H3;2*1H2. The quantitative estimate of drug-likeness (QED) is 0.124. The fourth-order valence-corrected chi connectivity index (χ4v) is 9.13. The number of aryl methyl sites for hydroxylation is 2. The summed E-state index contributed by atoms with van der Waals surface area (Å²) in [6.07, 6.45) is 2.08. The summed E-state index contributed by atoms with van der Waals surface area (Å²) in [6, 6.07) is 14.0. The molecule has 3 aromatic carbocycles. The Morgan fingerprint density at radius 3 is 0.912 bits per heavy atom. The maximum absolute atomic E-state index is 8.00. The van der Waals surface area contributed by atoms with Crippen molar-refractivity contribution < 1.29 is 28.5 Å². The zero-order valence-electron chi connectivity index (χ0n) is 38.1. The van der Waals surface area contributed by atoms with Crippen LogP contribution < -0.4 is 0 Å². The molecule has 0 saturated carbocycles. The third-order valence-electron chi connectivity index (χ3n) is 9.12. The molecule has 0 aliphatic rings. The molecule has 0 aliphatic heterocycles. The van der Waals surface area contributed by atoms with Crippen LogP contribution in [0.15, 0.2) is 50.7 Å². The number of carbonyl (C=O) groups is 2. The van der Waals surface area contributed by atoms with E-state index in [1.807, 2.05) is 49.0 Å². The van der Waals surface area contributed by atoms with Gasteiger partial charge in [-0.1, -0.05) is 150 Å². The smallest absolute Gasteiger partial charge is 0.106 e. The summed E-state index contributed by atoms with van der Waals surface area (Å²) in [5.41, 5.74) is 12.3. The molecule has 0 unspecified atom stereocenters. The number of carbonyl (C=O) groups excluding carboxylic acids is 2. The molecule has 0 aromatic heterocycles. The van der Waals surface area contributed by atoms with Crippen molar-refractivity contribution in [2.45, 2.75) is 169 Å². The zero-order valence-corrected chi connectivity index (χ0v) is 41.3. The number of ether oxygens (including phenoxy) is 4. The summed E-state index contributed by atoms with van der Waals surface area (Å²) >= 11 is 3.68. The van der Waals surface area contributed by atoms with Gasteiger partial charge in [-0.15, -0.1) is 0 Å². The summed E-state index contributed by atoms with van der Waals surface area (Å²) in [5, 5.41) is 0. The minimum absolute atomic E-state index is 0.0752. The van der Waals surface area contributed by atoms with Crippen molar-refractivity contribution >= 4 is 51.1 Å². The van der Waals surface area contributed by atoms with E-state index >= 15 is 0 Å². The van der Waals surface area contributed by atoms with Crippen LogP contribution in [0, 0.1) is 0 Å². The predicted octanol–water partition coefficient (Wildman–Crippen LogP) is 13.7. The second-order valence-electron chi connectivity index (χ2n) is 16.5. The van der Waals surface area contributed by atoms with E-state index in [1.54, 1.807) is 0 Å². The maximum atomic E-state index is 8.00. The van der Waals surface area contributed by atoms with Gasteiger partial charge in [0.1, 0.15) is 13.6 Å². The van der Waals surface area contributed by atoms with Crippen LogP contribution in [0.4, 0.5) is 0 Å². The van der Waals surface area contributed by atoms with Crippen LogP contribution in [-0.4, -0.2) is 40.0 Å². The number of halogens is 1. The minimum atomic E-state index is 0.0752. The molecule has 0 N–H and O–H groups in total. The molecule has 0 amide bonds. The molecule has 0 radical (unpaired) electrons. The molecule has 9 heteroatoms. The van der Waals surface area contributed by atoms with Crippen molar-refractivity contribution in [2.75, 3.05) is 26.4 Å². The summed E-state index contributed by atoms with van der Waals surface area (Å²) < 4.78 is 24.1. The second-order valence-corrected chi connectivity index (χ2v) is 19.5. The van der Waals surface area contributed by atoms with Crippen molar-refractivity contribution in [1.82, 2.24) is 0 Å². The van der Waals surface area contributed by atoms with Crippen LogP contribution in [0.3, 0.4) is 0 Å². The molecule has 0 spiro atoms. The second kappa shape index (κ2) is 27.7. The van der Waals surface area contributed by atoms with Gasteiger partial charge >= 0.3 is 0 Å². The van der Waals surface area contributed by atoms with Crippen molar-refractivity contribution in [3.05, 3.63) is 90.9 Å². The lowest BCUT2D eigenvalue weighted by Crippen LogP contribution is -2.14. The van der Waals surface area contributed by atoms with Crippen molar-refractivity contribution in [2.24, 2.45) is 0 Å². The van der Waals surface area contributed by atoms with Crippen molar-refractivity contribution in [1.29, 1.82) is 0 Å². The van der Waals surface area contributed by atoms with Gasteiger partial charge in [0.25, 0.3) is 0 Å². The topological polar surface area (TPSA) is 71.1 Å². The van der Waals surface area contributed by atoms with Gasteiger partial charge in [0.2, 0.25) is 0 Å². The molecular weight excluding hydrogens is 817 g/mol. The number of hydrogen-bond donors (Lipinski definition) is 0. The lowest BCUT2D eigenvalue weighted by Gasteiger charge is -2.25. The Balaban J connectivity index is 0.00000115. The van der Waals surface area contributed by atoms with E-state index in [1.165, 1.54) is 59.9 Å². The maximum Gasteiger partial charge on any atom is 0.106 e. The molecule has 0 heterocycles. The average molecular weight is 892 g/mol. The Hall–Kier alpha value is -1.98. The molecule has 0 saturated heterocycles. The van der Waals surface area contributed by atoms with Crippen LogP contribution >= 0.6 is 37.5 Å². The SMILES string of the molecule is C=O.C=O.CCOCc1cc(C(C)(C)C)cc(COCC)c1Br.CCOCc1cc(C(C)(C)C)cc(COCC)c1SSc1c(CC)cc(C(C)(C)C)cc1CC. The van der Waals surface area contributed by atoms with E-state index in [4.69, 9.17) is 28.5 Å². The fourth-order valence-electron chi connectivity index (χ4n) is 5.65. The summed E-state index contributed by atoms with van der Waals surface area (Å²) in [6.45, 7) is 42.6. The zero-order chi connectivity index (χ0) is 44.0. The average Bonchev–Trinajstić information content (AvgIpc) is 3.17. The normalized spacial score (nSPS) is 11.5. The molecule has 57 heavy (non-hydrogen) atoms. The van der Waals surface area contributed by atoms with Crippen LogP contribution in [0.5, 0.6) is 0 Å². The first-order chi connectivity index (χ1) is 26.9. The van der Waals surface area contributed by atoms with Crippen molar-refractivity contribution in [3.8, 4) is 0 Å². The summed E-state index contributed by atoms with van der Waals surface area (Å²) in [4.78, 5) is 18.7. The first kappa shape index (κ1) is 55.0. The lowest BCUT2D eigenvalue weighted by molar-refractivity contribution is -0.0987. The first-order valence-electron chi connectivity index (χ1n) is 20.2. The van der Waals surface area contributed by atoms with E-state index in [2.05, 4.69) is 142 Å². The van der Waals surface area contributed by atoms with E-state index in [0.29, 0.717) is 39.6 Å². The lowest BCUT2D eigenvalue weighted by atomic mass is 9.84. The van der Waals surface area contributed by atoms with Gasteiger partial charge in [-0.05, 0) is 107 Å². The first-order valence-corrected chi connectivity index (χ1v) is 23.2. The molecule has 322 valence electrons. The number of benzene rings is 3. The van der Waals surface area contributed by atoms with Crippen LogP contribution in [0.25, 0.3) is 0 Å². The molecule has 0 atom stereocenters. The van der Waals surface area contributed by atoms with E-state index < -0.39 is 0 Å². The molecule has 0 aliphatic carbocycles. The molecule has 0 fully saturated rings. The largest absolute Gasteiger partial charge is 0.377 e. The van der Waals surface area contributed by atoms with Crippen LogP contribution in [-0.2, 0) is 84.1 Å². The molecule has 3 rings (SSSR count). The Morgan fingerprint density at radius 2 is 0.667 bits per heavy atom. The van der Waals surface area contributed by atoms with Gasteiger partial charge in [0.15, 0.2) is 0 Å². The molecule has 0 bridgehead atoms. The van der Waals surface area contributed by atoms with Crippen LogP contribution in [0.2, 0.25) is 0 Å². The molecule has 6 nitrogen and oxygen atoms in total. The van der Waals surface area contributed by atoms with E-state index in [0.717, 1.165) is 30.5 Å². The van der Waals surface area contributed by atoms with Gasteiger partial charge in [0.05, 0.1) is 26.4 Å². The number of hydrogen-bond acceptors (Lipinski definition) is 8. The Labute approximate surface area is 364 Å². The van der Waals surface area contributed by atoms with Gasteiger partial charge in [-0.3, -0.25) is 0 Å². The van der Waals surface area contributed by atoms with E-state index in [-0.39, 0.29) is 16.2 Å². The van der Waals surface area contributed by atoms with Gasteiger partial charge < -0.3 is 28.5 Å². The molecule has 3 aromatic rings. The highest BCUT2D eigenvalue weighted by molar-refractivity contribution is 9.10. The van der Waals surface area contributed by atoms with Gasteiger partial charge in [-0.2, -0.15) is 0 Å². The highest BCUT2D eigenvalue weighted by Gasteiger charge is 2.23. The summed E-state index contributed by atoms with van der Waals surface area (Å²) in [7, 11) is 3.79. The predicted molar refractivity (Wildman–Crippen MR) is 249 cm³/mol. The summed E-state index contributed by atoms with van der Waals surface area (Å²) in [5.74, 6) is 0. The third-order valence-corrected chi connectivity index (χ3v) is 12.9. The van der Waals surface area contributed by atoms with Crippen LogP contribution in [0.1, 0.15) is 154 Å². The number of rotatable bonds is 17.